The number of hydrogen-bond donors (Lipinski definition) is 1. The third kappa shape index (κ3) is 4.79. The monoisotopic (exact) mass is 395 g/mol. The Labute approximate surface area is 146 Å². The van der Waals surface area contributed by atoms with Crippen LogP contribution in [0, 0.1) is 5.82 Å². The summed E-state index contributed by atoms with van der Waals surface area (Å²) in [7, 11) is 0. The number of hydrogen-bond acceptors (Lipinski definition) is 4. The van der Waals surface area contributed by atoms with E-state index in [1.165, 1.54) is 30.3 Å². The van der Waals surface area contributed by atoms with Gasteiger partial charge in [0.05, 0.1) is 6.61 Å². The summed E-state index contributed by atoms with van der Waals surface area (Å²) in [6.07, 6.45) is 0.692. The van der Waals surface area contributed by atoms with E-state index in [9.17, 15) is 14.0 Å². The van der Waals surface area contributed by atoms with E-state index < -0.39 is 5.91 Å². The molecule has 5 nitrogen and oxygen atoms in total. The second-order valence-electron chi connectivity index (χ2n) is 4.72. The zero-order valence-electron chi connectivity index (χ0n) is 12.8. The molecule has 0 bridgehead atoms. The van der Waals surface area contributed by atoms with Crippen molar-refractivity contribution in [2.24, 2.45) is 0 Å². The van der Waals surface area contributed by atoms with Crippen LogP contribution in [0.1, 0.15) is 17.3 Å². The molecule has 0 fully saturated rings. The summed E-state index contributed by atoms with van der Waals surface area (Å²) in [5.74, 6) is -0.0775. The van der Waals surface area contributed by atoms with Gasteiger partial charge in [-0.15, -0.1) is 0 Å². The Hall–Kier alpha value is -2.41. The van der Waals surface area contributed by atoms with Crippen molar-refractivity contribution in [2.75, 3.05) is 18.5 Å². The van der Waals surface area contributed by atoms with Gasteiger partial charge in [0.15, 0.2) is 24.4 Å². The number of nitrogens with one attached hydrogen (secondary N) is 1. The molecule has 0 heterocycles. The minimum atomic E-state index is -0.403. The van der Waals surface area contributed by atoms with E-state index in [-0.39, 0.29) is 12.4 Å². The van der Waals surface area contributed by atoms with Crippen LogP contribution in [0.25, 0.3) is 0 Å². The van der Waals surface area contributed by atoms with E-state index >= 15 is 0 Å². The number of rotatable bonds is 7. The van der Waals surface area contributed by atoms with E-state index in [0.29, 0.717) is 40.1 Å². The predicted octanol–water partition coefficient (Wildman–Crippen LogP) is 3.82. The standard InChI is InChI=1S/C17H15BrFNO4/c1-2-23-15-7-11(9-21)14(18)8-16(15)24-10-17(22)20-13-5-3-12(19)4-6-13/h3-9H,2,10H2,1H3,(H,20,22). The fourth-order valence-corrected chi connectivity index (χ4v) is 2.31. The van der Waals surface area contributed by atoms with Crippen LogP contribution in [0.2, 0.25) is 0 Å². The average molecular weight is 396 g/mol. The molecule has 0 saturated carbocycles. The highest BCUT2D eigenvalue weighted by Crippen LogP contribution is 2.33. The number of amides is 1. The van der Waals surface area contributed by atoms with Crippen molar-refractivity contribution in [3.05, 3.63) is 52.3 Å². The smallest absolute Gasteiger partial charge is 0.262 e. The molecule has 0 aromatic heterocycles. The largest absolute Gasteiger partial charge is 0.490 e. The third-order valence-electron chi connectivity index (χ3n) is 2.98. The second kappa shape index (κ2) is 8.44. The molecule has 2 aromatic rings. The van der Waals surface area contributed by atoms with E-state index in [4.69, 9.17) is 9.47 Å². The number of aldehydes is 1. The fraction of sp³-hybridized carbons (Fsp3) is 0.176. The molecule has 1 N–H and O–H groups in total. The molecule has 0 radical (unpaired) electrons. The zero-order chi connectivity index (χ0) is 17.5. The molecular formula is C17H15BrFNO4. The number of ether oxygens (including phenoxy) is 2. The fourth-order valence-electron chi connectivity index (χ4n) is 1.90. The Kier molecular flexibility index (Phi) is 6.31. The topological polar surface area (TPSA) is 64.6 Å². The van der Waals surface area contributed by atoms with Crippen molar-refractivity contribution in [1.82, 2.24) is 0 Å². The van der Waals surface area contributed by atoms with Crippen molar-refractivity contribution in [2.45, 2.75) is 6.92 Å². The highest BCUT2D eigenvalue weighted by atomic mass is 79.9. The molecule has 7 heteroatoms. The van der Waals surface area contributed by atoms with Gasteiger partial charge in [0.1, 0.15) is 5.82 Å². The van der Waals surface area contributed by atoms with Gasteiger partial charge in [-0.3, -0.25) is 9.59 Å². The Bertz CT molecular complexity index is 734. The maximum Gasteiger partial charge on any atom is 0.262 e. The molecule has 0 aliphatic rings. The predicted molar refractivity (Wildman–Crippen MR) is 91.2 cm³/mol. The lowest BCUT2D eigenvalue weighted by atomic mass is 10.2. The molecule has 1 amide bonds. The second-order valence-corrected chi connectivity index (χ2v) is 5.57. The molecule has 0 unspecified atom stereocenters. The highest BCUT2D eigenvalue weighted by molar-refractivity contribution is 9.10. The summed E-state index contributed by atoms with van der Waals surface area (Å²) in [5.41, 5.74) is 0.883. The average Bonchev–Trinajstić information content (AvgIpc) is 2.57. The number of carbonyl (C=O) groups excluding carboxylic acids is 2. The van der Waals surface area contributed by atoms with E-state index in [1.807, 2.05) is 0 Å². The van der Waals surface area contributed by atoms with Gasteiger partial charge in [0, 0.05) is 15.7 Å². The number of benzene rings is 2. The van der Waals surface area contributed by atoms with E-state index in [0.717, 1.165) is 0 Å². The van der Waals surface area contributed by atoms with Crippen LogP contribution in [0.5, 0.6) is 11.5 Å². The molecule has 2 rings (SSSR count). The first-order valence-electron chi connectivity index (χ1n) is 7.13. The summed E-state index contributed by atoms with van der Waals surface area (Å²) in [6.45, 7) is 1.93. The molecule has 0 atom stereocenters. The molecule has 0 aliphatic heterocycles. The summed E-state index contributed by atoms with van der Waals surface area (Å²) in [4.78, 5) is 22.9. The minimum Gasteiger partial charge on any atom is -0.490 e. The zero-order valence-corrected chi connectivity index (χ0v) is 14.4. The van der Waals surface area contributed by atoms with Gasteiger partial charge in [0.25, 0.3) is 5.91 Å². The Balaban J connectivity index is 2.04. The van der Waals surface area contributed by atoms with Crippen LogP contribution in [0.3, 0.4) is 0 Å². The van der Waals surface area contributed by atoms with Crippen LogP contribution in [-0.2, 0) is 4.79 Å². The number of halogens is 2. The lowest BCUT2D eigenvalue weighted by molar-refractivity contribution is -0.118. The van der Waals surface area contributed by atoms with Gasteiger partial charge in [-0.2, -0.15) is 0 Å². The Morgan fingerprint density at radius 2 is 1.88 bits per heavy atom. The molecule has 24 heavy (non-hydrogen) atoms. The maximum absolute atomic E-state index is 12.8. The first-order chi connectivity index (χ1) is 11.5. The van der Waals surface area contributed by atoms with Gasteiger partial charge in [0.2, 0.25) is 0 Å². The summed E-state index contributed by atoms with van der Waals surface area (Å²) in [5, 5.41) is 2.59. The first-order valence-corrected chi connectivity index (χ1v) is 7.92. The normalized spacial score (nSPS) is 10.1. The van der Waals surface area contributed by atoms with Crippen LogP contribution in [0.15, 0.2) is 40.9 Å². The SMILES string of the molecule is CCOc1cc(C=O)c(Br)cc1OCC(=O)Nc1ccc(F)cc1. The van der Waals surface area contributed by atoms with Crippen LogP contribution < -0.4 is 14.8 Å². The number of carbonyl (C=O) groups is 2. The van der Waals surface area contributed by atoms with Crippen molar-refractivity contribution in [1.29, 1.82) is 0 Å². The van der Waals surface area contributed by atoms with Gasteiger partial charge < -0.3 is 14.8 Å². The molecule has 2 aromatic carbocycles. The summed E-state index contributed by atoms with van der Waals surface area (Å²) < 4.78 is 24.3. The highest BCUT2D eigenvalue weighted by Gasteiger charge is 2.12. The third-order valence-corrected chi connectivity index (χ3v) is 3.66. The van der Waals surface area contributed by atoms with Crippen LogP contribution >= 0.6 is 15.9 Å². The van der Waals surface area contributed by atoms with E-state index in [1.54, 1.807) is 13.0 Å². The Morgan fingerprint density at radius 3 is 2.50 bits per heavy atom. The number of anilines is 1. The van der Waals surface area contributed by atoms with Gasteiger partial charge in [-0.25, -0.2) is 4.39 Å². The molecule has 0 saturated heterocycles. The van der Waals surface area contributed by atoms with E-state index in [2.05, 4.69) is 21.2 Å². The molecule has 0 spiro atoms. The van der Waals surface area contributed by atoms with Crippen LogP contribution in [-0.4, -0.2) is 25.4 Å². The lowest BCUT2D eigenvalue weighted by Crippen LogP contribution is -2.20. The molecular weight excluding hydrogens is 381 g/mol. The van der Waals surface area contributed by atoms with Gasteiger partial charge in [-0.1, -0.05) is 0 Å². The van der Waals surface area contributed by atoms with Crippen molar-refractivity contribution in [3.63, 3.8) is 0 Å². The van der Waals surface area contributed by atoms with Gasteiger partial charge in [-0.05, 0) is 59.3 Å². The van der Waals surface area contributed by atoms with Crippen LogP contribution in [0.4, 0.5) is 10.1 Å². The van der Waals surface area contributed by atoms with Crippen molar-refractivity contribution < 1.29 is 23.5 Å². The van der Waals surface area contributed by atoms with Crippen molar-refractivity contribution >= 4 is 33.8 Å². The lowest BCUT2D eigenvalue weighted by Gasteiger charge is -2.13. The van der Waals surface area contributed by atoms with Gasteiger partial charge >= 0.3 is 0 Å². The minimum absolute atomic E-state index is 0.260. The summed E-state index contributed by atoms with van der Waals surface area (Å²) in [6, 6.07) is 8.51. The summed E-state index contributed by atoms with van der Waals surface area (Å²) >= 11 is 3.26. The molecule has 0 aliphatic carbocycles. The first kappa shape index (κ1) is 17.9. The van der Waals surface area contributed by atoms with Crippen molar-refractivity contribution in [3.8, 4) is 11.5 Å². The molecule has 126 valence electrons. The maximum atomic E-state index is 12.8. The quantitative estimate of drug-likeness (QED) is 0.723. The Morgan fingerprint density at radius 1 is 1.21 bits per heavy atom.